The predicted octanol–water partition coefficient (Wildman–Crippen LogP) is 6.17. The number of aliphatic hydroxyl groups excluding tert-OH is 1. The zero-order chi connectivity index (χ0) is 28.1. The Bertz CT molecular complexity index is 1540. The molecule has 2 aromatic carbocycles. The van der Waals surface area contributed by atoms with Gasteiger partial charge in [0.15, 0.2) is 4.34 Å². The minimum atomic E-state index is -0.949. The van der Waals surface area contributed by atoms with Crippen LogP contribution in [0.25, 0.3) is 5.76 Å². The lowest BCUT2D eigenvalue weighted by molar-refractivity contribution is -0.132. The third-order valence-electron chi connectivity index (χ3n) is 6.27. The predicted molar refractivity (Wildman–Crippen MR) is 152 cm³/mol. The van der Waals surface area contributed by atoms with Crippen molar-refractivity contribution in [1.82, 2.24) is 15.2 Å². The minimum absolute atomic E-state index is 0.0633. The number of ether oxygens (including phenoxy) is 1. The van der Waals surface area contributed by atoms with E-state index in [1.165, 1.54) is 35.1 Å². The molecule has 204 valence electrons. The summed E-state index contributed by atoms with van der Waals surface area (Å²) in [6.07, 6.45) is 4.91. The molecule has 40 heavy (non-hydrogen) atoms. The first-order valence-corrected chi connectivity index (χ1v) is 14.4. The van der Waals surface area contributed by atoms with E-state index in [1.54, 1.807) is 54.6 Å². The zero-order valence-corrected chi connectivity index (χ0v) is 23.1. The third kappa shape index (κ3) is 5.75. The average Bonchev–Trinajstić information content (AvgIpc) is 3.55. The second-order valence-electron chi connectivity index (χ2n) is 8.91. The number of anilines is 1. The number of rotatable bonds is 10. The minimum Gasteiger partial charge on any atom is -0.507 e. The smallest absolute Gasteiger partial charge is 0.301 e. The summed E-state index contributed by atoms with van der Waals surface area (Å²) in [5, 5.41) is 19.8. The van der Waals surface area contributed by atoms with Gasteiger partial charge in [-0.2, -0.15) is 0 Å². The number of thioether (sulfide) groups is 1. The van der Waals surface area contributed by atoms with Crippen LogP contribution in [0.15, 0.2) is 83.0 Å². The first-order chi connectivity index (χ1) is 19.5. The maximum atomic E-state index is 14.1. The van der Waals surface area contributed by atoms with E-state index < -0.39 is 17.7 Å². The first-order valence-electron chi connectivity index (χ1n) is 12.6. The standard InChI is InChI=1S/C29H25FN4O4S2/c1-2-3-16-38-21-10-8-18(9-11-21)24-23(25(35)19-12-14-31-15-13-19)26(36)27(37)34(24)28-32-33-29(40-28)39-17-20-6-4-5-7-22(20)30/h4-15,24,35H,2-3,16-17H2,1H3/b25-23+. The molecule has 1 amide bonds. The van der Waals surface area contributed by atoms with E-state index in [0.717, 1.165) is 24.2 Å². The van der Waals surface area contributed by atoms with Crippen molar-refractivity contribution in [2.45, 2.75) is 35.9 Å². The number of hydrogen-bond acceptors (Lipinski definition) is 9. The fourth-order valence-corrected chi connectivity index (χ4v) is 6.06. The first kappa shape index (κ1) is 27.5. The van der Waals surface area contributed by atoms with Crippen LogP contribution in [0.5, 0.6) is 5.75 Å². The summed E-state index contributed by atoms with van der Waals surface area (Å²) < 4.78 is 20.4. The summed E-state index contributed by atoms with van der Waals surface area (Å²) in [4.78, 5) is 32.0. The number of hydrogen-bond donors (Lipinski definition) is 1. The molecule has 1 N–H and O–H groups in total. The molecule has 5 rings (SSSR count). The molecule has 11 heteroatoms. The highest BCUT2D eigenvalue weighted by Crippen LogP contribution is 2.44. The van der Waals surface area contributed by atoms with Crippen molar-refractivity contribution in [3.8, 4) is 5.75 Å². The monoisotopic (exact) mass is 576 g/mol. The van der Waals surface area contributed by atoms with Crippen LogP contribution in [0.1, 0.15) is 42.5 Å². The van der Waals surface area contributed by atoms with Crippen molar-refractivity contribution in [3.05, 3.63) is 101 Å². The summed E-state index contributed by atoms with van der Waals surface area (Å²) in [6.45, 7) is 2.66. The van der Waals surface area contributed by atoms with Gasteiger partial charge in [-0.1, -0.05) is 66.8 Å². The van der Waals surface area contributed by atoms with Crippen molar-refractivity contribution in [2.75, 3.05) is 11.5 Å². The summed E-state index contributed by atoms with van der Waals surface area (Å²) in [5.41, 5.74) is 1.40. The van der Waals surface area contributed by atoms with E-state index in [2.05, 4.69) is 22.1 Å². The number of halogens is 1. The lowest BCUT2D eigenvalue weighted by Gasteiger charge is -2.22. The number of carbonyl (C=O) groups excluding carboxylic acids is 2. The van der Waals surface area contributed by atoms with Crippen LogP contribution >= 0.6 is 23.1 Å². The molecule has 0 spiro atoms. The van der Waals surface area contributed by atoms with E-state index >= 15 is 0 Å². The Balaban J connectivity index is 1.50. The van der Waals surface area contributed by atoms with Gasteiger partial charge < -0.3 is 9.84 Å². The Morgan fingerprint density at radius 2 is 1.82 bits per heavy atom. The number of amides is 1. The van der Waals surface area contributed by atoms with E-state index in [1.807, 2.05) is 0 Å². The molecule has 0 bridgehead atoms. The molecular formula is C29H25FN4O4S2. The van der Waals surface area contributed by atoms with Gasteiger partial charge in [-0.25, -0.2) is 4.39 Å². The number of nitrogens with zero attached hydrogens (tertiary/aromatic N) is 4. The van der Waals surface area contributed by atoms with Crippen LogP contribution in [0.4, 0.5) is 9.52 Å². The SMILES string of the molecule is CCCCOc1ccc(C2/C(=C(\O)c3ccncc3)C(=O)C(=O)N2c2nnc(SCc3ccccc3F)s2)cc1. The molecule has 1 fully saturated rings. The Morgan fingerprint density at radius 3 is 2.55 bits per heavy atom. The number of carbonyl (C=O) groups is 2. The van der Waals surface area contributed by atoms with E-state index in [-0.39, 0.29) is 22.3 Å². The number of aromatic nitrogens is 3. The molecule has 2 aromatic heterocycles. The number of pyridine rings is 1. The molecule has 8 nitrogen and oxygen atoms in total. The molecule has 4 aromatic rings. The molecule has 1 unspecified atom stereocenters. The van der Waals surface area contributed by atoms with Crippen LogP contribution in [-0.4, -0.2) is 38.6 Å². The van der Waals surface area contributed by atoms with Gasteiger partial charge in [0.2, 0.25) is 5.13 Å². The van der Waals surface area contributed by atoms with Gasteiger partial charge in [0.1, 0.15) is 17.3 Å². The summed E-state index contributed by atoms with van der Waals surface area (Å²) in [5.74, 6) is -1.31. The van der Waals surface area contributed by atoms with Crippen molar-refractivity contribution in [3.63, 3.8) is 0 Å². The third-order valence-corrected chi connectivity index (χ3v) is 8.38. The number of unbranched alkanes of at least 4 members (excludes halogenated alkanes) is 1. The molecule has 0 saturated carbocycles. The lowest BCUT2D eigenvalue weighted by Crippen LogP contribution is -2.29. The Labute approximate surface area is 238 Å². The quantitative estimate of drug-likeness (QED) is 0.0597. The number of benzene rings is 2. The maximum Gasteiger partial charge on any atom is 0.301 e. The fourth-order valence-electron chi connectivity index (χ4n) is 4.20. The molecule has 0 aliphatic carbocycles. The van der Waals surface area contributed by atoms with E-state index in [9.17, 15) is 19.1 Å². The second kappa shape index (κ2) is 12.4. The van der Waals surface area contributed by atoms with Crippen LogP contribution in [-0.2, 0) is 15.3 Å². The maximum absolute atomic E-state index is 14.1. The summed E-state index contributed by atoms with van der Waals surface area (Å²) in [6, 6.07) is 15.7. The van der Waals surface area contributed by atoms with Gasteiger partial charge in [0.05, 0.1) is 18.2 Å². The molecule has 1 atom stereocenters. The molecule has 3 heterocycles. The van der Waals surface area contributed by atoms with Gasteiger partial charge >= 0.3 is 5.91 Å². The van der Waals surface area contributed by atoms with E-state index in [4.69, 9.17) is 4.74 Å². The highest BCUT2D eigenvalue weighted by molar-refractivity contribution is 8.00. The number of aliphatic hydroxyl groups is 1. The highest BCUT2D eigenvalue weighted by atomic mass is 32.2. The largest absolute Gasteiger partial charge is 0.507 e. The number of Topliss-reactive ketones (excluding diaryl/α,β-unsaturated/α-hetero) is 1. The Hall–Kier alpha value is -4.09. The zero-order valence-electron chi connectivity index (χ0n) is 21.5. The molecule has 0 radical (unpaired) electrons. The molecule has 1 aliphatic rings. The Morgan fingerprint density at radius 1 is 1.07 bits per heavy atom. The van der Waals surface area contributed by atoms with Crippen LogP contribution in [0.3, 0.4) is 0 Å². The topological polar surface area (TPSA) is 106 Å². The highest BCUT2D eigenvalue weighted by Gasteiger charge is 2.48. The van der Waals surface area contributed by atoms with Crippen LogP contribution < -0.4 is 9.64 Å². The van der Waals surface area contributed by atoms with Gasteiger partial charge in [0.25, 0.3) is 5.78 Å². The Kier molecular flexibility index (Phi) is 8.51. The fraction of sp³-hybridized carbons (Fsp3) is 0.207. The summed E-state index contributed by atoms with van der Waals surface area (Å²) >= 11 is 2.40. The van der Waals surface area contributed by atoms with Gasteiger partial charge in [0, 0.05) is 23.7 Å². The van der Waals surface area contributed by atoms with Crippen molar-refractivity contribution in [1.29, 1.82) is 0 Å². The molecular weight excluding hydrogens is 551 g/mol. The number of ketones is 1. The van der Waals surface area contributed by atoms with Gasteiger partial charge in [-0.05, 0) is 47.9 Å². The average molecular weight is 577 g/mol. The normalized spacial score (nSPS) is 16.4. The second-order valence-corrected chi connectivity index (χ2v) is 11.1. The van der Waals surface area contributed by atoms with Crippen molar-refractivity contribution < 1.29 is 23.8 Å². The lowest BCUT2D eigenvalue weighted by atomic mass is 9.95. The molecule has 1 aliphatic heterocycles. The van der Waals surface area contributed by atoms with Gasteiger partial charge in [-0.3, -0.25) is 19.5 Å². The summed E-state index contributed by atoms with van der Waals surface area (Å²) in [7, 11) is 0. The van der Waals surface area contributed by atoms with Crippen molar-refractivity contribution in [2.24, 2.45) is 0 Å². The van der Waals surface area contributed by atoms with Crippen LogP contribution in [0.2, 0.25) is 0 Å². The van der Waals surface area contributed by atoms with E-state index in [0.29, 0.717) is 39.1 Å². The molecule has 1 saturated heterocycles. The van der Waals surface area contributed by atoms with Crippen LogP contribution in [0, 0.1) is 5.82 Å². The van der Waals surface area contributed by atoms with Gasteiger partial charge in [-0.15, -0.1) is 10.2 Å². The van der Waals surface area contributed by atoms with Crippen molar-refractivity contribution >= 4 is 45.7 Å².